The number of nitrogens with zero attached hydrogens (tertiary/aromatic N) is 2. The van der Waals surface area contributed by atoms with Gasteiger partial charge in [0.05, 0.1) is 29.1 Å². The summed E-state index contributed by atoms with van der Waals surface area (Å²) in [6, 6.07) is 5.77. The van der Waals surface area contributed by atoms with Gasteiger partial charge in [0.15, 0.2) is 0 Å². The Labute approximate surface area is 108 Å². The van der Waals surface area contributed by atoms with Gasteiger partial charge in [0, 0.05) is 6.20 Å². The second kappa shape index (κ2) is 4.73. The van der Waals surface area contributed by atoms with E-state index in [2.05, 4.69) is 27.7 Å². The minimum Gasteiger partial charge on any atom is -0.495 e. The topological polar surface area (TPSA) is 53.1 Å². The molecule has 0 atom stereocenters. The van der Waals surface area contributed by atoms with Gasteiger partial charge in [0.2, 0.25) is 0 Å². The normalized spacial score (nSPS) is 10.4. The molecule has 2 N–H and O–H groups in total. The van der Waals surface area contributed by atoms with E-state index in [9.17, 15) is 0 Å². The van der Waals surface area contributed by atoms with Crippen LogP contribution in [0.25, 0.3) is 0 Å². The largest absolute Gasteiger partial charge is 0.495 e. The number of aromatic nitrogens is 2. The zero-order chi connectivity index (χ0) is 11.5. The molecule has 0 fully saturated rings. The summed E-state index contributed by atoms with van der Waals surface area (Å²) in [5.74, 6) is 0.707. The highest BCUT2D eigenvalue weighted by Gasteiger charge is 2.02. The van der Waals surface area contributed by atoms with E-state index in [0.29, 0.717) is 11.4 Å². The molecular weight excluding hydrogens is 317 g/mol. The number of rotatable bonds is 3. The summed E-state index contributed by atoms with van der Waals surface area (Å²) in [6.45, 7) is 0.719. The second-order valence-electron chi connectivity index (χ2n) is 3.43. The molecule has 2 rings (SSSR count). The molecule has 0 saturated carbocycles. The first kappa shape index (κ1) is 11.3. The fourth-order valence-electron chi connectivity index (χ4n) is 1.49. The van der Waals surface area contributed by atoms with E-state index < -0.39 is 0 Å². The maximum absolute atomic E-state index is 5.83. The van der Waals surface area contributed by atoms with E-state index in [1.54, 1.807) is 7.11 Å². The predicted molar refractivity (Wildman–Crippen MR) is 71.5 cm³/mol. The van der Waals surface area contributed by atoms with E-state index in [1.165, 1.54) is 0 Å². The number of nitrogens with two attached hydrogens (primary N) is 1. The lowest BCUT2D eigenvalue weighted by atomic mass is 10.2. The Kier molecular flexibility index (Phi) is 3.33. The first-order valence-corrected chi connectivity index (χ1v) is 5.87. The van der Waals surface area contributed by atoms with Gasteiger partial charge in [-0.2, -0.15) is 5.10 Å². The van der Waals surface area contributed by atoms with Crippen LogP contribution in [0.5, 0.6) is 5.75 Å². The van der Waals surface area contributed by atoms with Crippen molar-refractivity contribution in [1.82, 2.24) is 9.78 Å². The lowest BCUT2D eigenvalue weighted by molar-refractivity contribution is 0.417. The molecule has 0 aliphatic carbocycles. The van der Waals surface area contributed by atoms with Crippen molar-refractivity contribution < 1.29 is 4.74 Å². The Bertz CT molecular complexity index is 496. The standard InChI is InChI=1S/C11H12IN3O/c1-16-11-3-2-8(4-10(11)13)6-15-7-9(12)5-14-15/h2-5,7H,6,13H2,1H3. The fraction of sp³-hybridized carbons (Fsp3) is 0.182. The Hall–Kier alpha value is -1.24. The van der Waals surface area contributed by atoms with Crippen molar-refractivity contribution in [3.8, 4) is 5.75 Å². The summed E-state index contributed by atoms with van der Waals surface area (Å²) in [5.41, 5.74) is 7.60. The van der Waals surface area contributed by atoms with Crippen molar-refractivity contribution in [2.24, 2.45) is 0 Å². The van der Waals surface area contributed by atoms with E-state index in [0.717, 1.165) is 15.7 Å². The Morgan fingerprint density at radius 2 is 2.31 bits per heavy atom. The number of benzene rings is 1. The molecule has 0 aliphatic rings. The van der Waals surface area contributed by atoms with Crippen LogP contribution in [-0.4, -0.2) is 16.9 Å². The Balaban J connectivity index is 2.19. The summed E-state index contributed by atoms with van der Waals surface area (Å²) in [7, 11) is 1.61. The van der Waals surface area contributed by atoms with Crippen LogP contribution in [0.1, 0.15) is 5.56 Å². The van der Waals surface area contributed by atoms with Gasteiger partial charge in [-0.05, 0) is 40.3 Å². The summed E-state index contributed by atoms with van der Waals surface area (Å²) >= 11 is 2.23. The summed E-state index contributed by atoms with van der Waals surface area (Å²) in [5, 5.41) is 4.22. The van der Waals surface area contributed by atoms with Crippen LogP contribution >= 0.6 is 22.6 Å². The molecule has 1 heterocycles. The SMILES string of the molecule is COc1ccc(Cn2cc(I)cn2)cc1N. The zero-order valence-electron chi connectivity index (χ0n) is 8.85. The number of methoxy groups -OCH3 is 1. The predicted octanol–water partition coefficient (Wildman–Crippen LogP) is 2.13. The molecule has 0 unspecified atom stereocenters. The third kappa shape index (κ3) is 2.46. The van der Waals surface area contributed by atoms with Crippen LogP contribution in [0.4, 0.5) is 5.69 Å². The minimum atomic E-state index is 0.654. The molecule has 2 aromatic rings. The summed E-state index contributed by atoms with van der Waals surface area (Å²) in [6.07, 6.45) is 3.81. The van der Waals surface area contributed by atoms with Crippen molar-refractivity contribution in [2.45, 2.75) is 6.54 Å². The molecule has 84 valence electrons. The average Bonchev–Trinajstić information content (AvgIpc) is 2.64. The summed E-state index contributed by atoms with van der Waals surface area (Å²) in [4.78, 5) is 0. The monoisotopic (exact) mass is 329 g/mol. The van der Waals surface area contributed by atoms with Crippen molar-refractivity contribution in [1.29, 1.82) is 0 Å². The van der Waals surface area contributed by atoms with Crippen molar-refractivity contribution >= 4 is 28.3 Å². The molecule has 1 aromatic carbocycles. The maximum atomic E-state index is 5.83. The first-order valence-electron chi connectivity index (χ1n) is 4.79. The highest BCUT2D eigenvalue weighted by atomic mass is 127. The van der Waals surface area contributed by atoms with E-state index >= 15 is 0 Å². The molecule has 0 amide bonds. The molecule has 0 saturated heterocycles. The number of nitrogen functional groups attached to an aromatic ring is 1. The highest BCUT2D eigenvalue weighted by molar-refractivity contribution is 14.1. The van der Waals surface area contributed by atoms with Gasteiger partial charge in [0.25, 0.3) is 0 Å². The Morgan fingerprint density at radius 1 is 1.50 bits per heavy atom. The number of halogens is 1. The van der Waals surface area contributed by atoms with Crippen molar-refractivity contribution in [2.75, 3.05) is 12.8 Å². The van der Waals surface area contributed by atoms with Crippen molar-refractivity contribution in [3.05, 3.63) is 39.7 Å². The van der Waals surface area contributed by atoms with Crippen LogP contribution in [0.15, 0.2) is 30.6 Å². The maximum Gasteiger partial charge on any atom is 0.141 e. The minimum absolute atomic E-state index is 0.654. The van der Waals surface area contributed by atoms with Gasteiger partial charge in [-0.3, -0.25) is 4.68 Å². The van der Waals surface area contributed by atoms with Gasteiger partial charge in [-0.25, -0.2) is 0 Å². The zero-order valence-corrected chi connectivity index (χ0v) is 11.0. The van der Waals surface area contributed by atoms with E-state index in [1.807, 2.05) is 35.3 Å². The number of hydrogen-bond donors (Lipinski definition) is 1. The summed E-state index contributed by atoms with van der Waals surface area (Å²) < 4.78 is 8.11. The quantitative estimate of drug-likeness (QED) is 0.693. The van der Waals surface area contributed by atoms with Crippen LogP contribution in [0.2, 0.25) is 0 Å². The first-order chi connectivity index (χ1) is 7.69. The van der Waals surface area contributed by atoms with Gasteiger partial charge in [0.1, 0.15) is 5.75 Å². The van der Waals surface area contributed by atoms with Crippen LogP contribution < -0.4 is 10.5 Å². The van der Waals surface area contributed by atoms with Crippen LogP contribution in [-0.2, 0) is 6.54 Å². The molecule has 1 aromatic heterocycles. The van der Waals surface area contributed by atoms with E-state index in [4.69, 9.17) is 10.5 Å². The van der Waals surface area contributed by atoms with Crippen LogP contribution in [0.3, 0.4) is 0 Å². The average molecular weight is 329 g/mol. The smallest absolute Gasteiger partial charge is 0.141 e. The molecular formula is C11H12IN3O. The molecule has 0 radical (unpaired) electrons. The lowest BCUT2D eigenvalue weighted by Gasteiger charge is -2.07. The Morgan fingerprint density at radius 3 is 2.88 bits per heavy atom. The third-order valence-corrected chi connectivity index (χ3v) is 2.80. The highest BCUT2D eigenvalue weighted by Crippen LogP contribution is 2.22. The molecule has 0 bridgehead atoms. The number of anilines is 1. The van der Waals surface area contributed by atoms with E-state index in [-0.39, 0.29) is 0 Å². The van der Waals surface area contributed by atoms with Gasteiger partial charge >= 0.3 is 0 Å². The van der Waals surface area contributed by atoms with Gasteiger partial charge < -0.3 is 10.5 Å². The fourth-order valence-corrected chi connectivity index (χ4v) is 1.94. The molecule has 0 spiro atoms. The van der Waals surface area contributed by atoms with Gasteiger partial charge in [-0.1, -0.05) is 6.07 Å². The molecule has 16 heavy (non-hydrogen) atoms. The third-order valence-electron chi connectivity index (χ3n) is 2.24. The lowest BCUT2D eigenvalue weighted by Crippen LogP contribution is -2.01. The molecule has 0 aliphatic heterocycles. The number of hydrogen-bond acceptors (Lipinski definition) is 3. The number of ether oxygens (including phenoxy) is 1. The molecule has 5 heteroatoms. The molecule has 4 nitrogen and oxygen atoms in total. The van der Waals surface area contributed by atoms with Gasteiger partial charge in [-0.15, -0.1) is 0 Å². The van der Waals surface area contributed by atoms with Crippen LogP contribution in [0, 0.1) is 3.57 Å². The van der Waals surface area contributed by atoms with Crippen molar-refractivity contribution in [3.63, 3.8) is 0 Å². The second-order valence-corrected chi connectivity index (χ2v) is 4.68.